The van der Waals surface area contributed by atoms with Gasteiger partial charge in [-0.3, -0.25) is 14.3 Å². The largest absolute Gasteiger partial charge is 0.467 e. The van der Waals surface area contributed by atoms with E-state index in [2.05, 4.69) is 20.5 Å². The zero-order valence-electron chi connectivity index (χ0n) is 12.5. The summed E-state index contributed by atoms with van der Waals surface area (Å²) in [7, 11) is 1.61. The highest BCUT2D eigenvalue weighted by Crippen LogP contribution is 2.24. The van der Waals surface area contributed by atoms with Gasteiger partial charge in [0, 0.05) is 25.0 Å². The van der Waals surface area contributed by atoms with Gasteiger partial charge in [0.2, 0.25) is 5.91 Å². The molecule has 118 valence electrons. The molecule has 0 saturated carbocycles. The highest BCUT2D eigenvalue weighted by atomic mass is 32.2. The van der Waals surface area contributed by atoms with Crippen LogP contribution >= 0.6 is 11.8 Å². The highest BCUT2D eigenvalue weighted by molar-refractivity contribution is 7.99. The Balaban J connectivity index is 1.93. The maximum absolute atomic E-state index is 11.5. The van der Waals surface area contributed by atoms with Crippen molar-refractivity contribution >= 4 is 17.7 Å². The number of aromatic nitrogens is 4. The lowest BCUT2D eigenvalue weighted by atomic mass is 10.2. The third kappa shape index (κ3) is 3.59. The summed E-state index contributed by atoms with van der Waals surface area (Å²) >= 11 is 1.33. The van der Waals surface area contributed by atoms with E-state index in [1.807, 2.05) is 28.8 Å². The van der Waals surface area contributed by atoms with Crippen molar-refractivity contribution in [3.63, 3.8) is 0 Å². The van der Waals surface area contributed by atoms with Crippen molar-refractivity contribution in [3.05, 3.63) is 48.7 Å². The Labute approximate surface area is 137 Å². The zero-order chi connectivity index (χ0) is 16.1. The first-order valence-electron chi connectivity index (χ1n) is 6.97. The van der Waals surface area contributed by atoms with E-state index in [-0.39, 0.29) is 11.7 Å². The molecule has 0 spiro atoms. The second kappa shape index (κ2) is 7.10. The molecule has 0 radical (unpaired) electrons. The molecule has 0 unspecified atom stereocenters. The van der Waals surface area contributed by atoms with Gasteiger partial charge in [-0.15, -0.1) is 10.2 Å². The van der Waals surface area contributed by atoms with Crippen LogP contribution in [0.15, 0.2) is 52.5 Å². The van der Waals surface area contributed by atoms with Crippen LogP contribution in [-0.2, 0) is 11.3 Å². The topological polar surface area (TPSA) is 85.8 Å². The normalized spacial score (nSPS) is 10.7. The van der Waals surface area contributed by atoms with Gasteiger partial charge in [-0.1, -0.05) is 11.8 Å². The van der Waals surface area contributed by atoms with Crippen molar-refractivity contribution in [2.24, 2.45) is 0 Å². The summed E-state index contributed by atoms with van der Waals surface area (Å²) in [5.41, 5.74) is 0.860. The van der Waals surface area contributed by atoms with Crippen LogP contribution in [0, 0.1) is 0 Å². The number of hydrogen-bond donors (Lipinski definition) is 1. The Hall–Kier alpha value is -2.61. The fourth-order valence-electron chi connectivity index (χ4n) is 2.01. The average Bonchev–Trinajstić information content (AvgIpc) is 3.24. The van der Waals surface area contributed by atoms with Gasteiger partial charge in [0.05, 0.1) is 18.6 Å². The third-order valence-electron chi connectivity index (χ3n) is 3.14. The van der Waals surface area contributed by atoms with Crippen molar-refractivity contribution in [2.45, 2.75) is 11.7 Å². The second-order valence-corrected chi connectivity index (χ2v) is 5.62. The molecule has 7 nitrogen and oxygen atoms in total. The minimum absolute atomic E-state index is 0.0644. The molecule has 23 heavy (non-hydrogen) atoms. The van der Waals surface area contributed by atoms with Crippen molar-refractivity contribution in [1.29, 1.82) is 0 Å². The number of carbonyl (C=O) groups excluding carboxylic acids is 1. The Morgan fingerprint density at radius 2 is 2.26 bits per heavy atom. The first kappa shape index (κ1) is 15.3. The van der Waals surface area contributed by atoms with Gasteiger partial charge < -0.3 is 9.73 Å². The maximum atomic E-state index is 11.5. The number of furan rings is 1. The molecule has 0 saturated heterocycles. The smallest absolute Gasteiger partial charge is 0.230 e. The first-order valence-corrected chi connectivity index (χ1v) is 7.96. The molecule has 0 aliphatic carbocycles. The third-order valence-corrected chi connectivity index (χ3v) is 4.11. The van der Waals surface area contributed by atoms with Crippen molar-refractivity contribution < 1.29 is 9.21 Å². The number of pyridine rings is 1. The first-order chi connectivity index (χ1) is 11.3. The van der Waals surface area contributed by atoms with Gasteiger partial charge in [-0.25, -0.2) is 0 Å². The highest BCUT2D eigenvalue weighted by Gasteiger charge is 2.16. The standard InChI is InChI=1S/C15H15N5O2S/c1-16-13(21)10-23-15-19-18-14(11-4-2-6-17-8-11)20(15)9-12-5-3-7-22-12/h2-8H,9-10H2,1H3,(H,16,21). The summed E-state index contributed by atoms with van der Waals surface area (Å²) < 4.78 is 7.34. The minimum Gasteiger partial charge on any atom is -0.467 e. The number of thioether (sulfide) groups is 1. The van der Waals surface area contributed by atoms with Crippen LogP contribution in [0.3, 0.4) is 0 Å². The Bertz CT molecular complexity index is 771. The Morgan fingerprint density at radius 1 is 1.35 bits per heavy atom. The fraction of sp³-hybridized carbons (Fsp3) is 0.200. The predicted octanol–water partition coefficient (Wildman–Crippen LogP) is 1.82. The molecule has 0 atom stereocenters. The van der Waals surface area contributed by atoms with Gasteiger partial charge in [-0.2, -0.15) is 0 Å². The average molecular weight is 329 g/mol. The zero-order valence-corrected chi connectivity index (χ0v) is 13.3. The summed E-state index contributed by atoms with van der Waals surface area (Å²) in [5, 5.41) is 11.7. The molecule has 0 bridgehead atoms. The molecule has 0 aliphatic rings. The van der Waals surface area contributed by atoms with Crippen molar-refractivity contribution in [2.75, 3.05) is 12.8 Å². The lowest BCUT2D eigenvalue weighted by Gasteiger charge is -2.08. The van der Waals surface area contributed by atoms with Gasteiger partial charge in [-0.05, 0) is 24.3 Å². The van der Waals surface area contributed by atoms with E-state index < -0.39 is 0 Å². The van der Waals surface area contributed by atoms with E-state index in [9.17, 15) is 4.79 Å². The number of nitrogens with one attached hydrogen (secondary N) is 1. The SMILES string of the molecule is CNC(=O)CSc1nnc(-c2cccnc2)n1Cc1ccco1. The molecule has 8 heteroatoms. The number of amides is 1. The molecule has 0 fully saturated rings. The summed E-state index contributed by atoms with van der Waals surface area (Å²) in [4.78, 5) is 15.6. The van der Waals surface area contributed by atoms with Crippen LogP contribution in [0.4, 0.5) is 0 Å². The lowest BCUT2D eigenvalue weighted by Crippen LogP contribution is -2.20. The van der Waals surface area contributed by atoms with Crippen LogP contribution in [-0.4, -0.2) is 38.5 Å². The monoisotopic (exact) mass is 329 g/mol. The van der Waals surface area contributed by atoms with Gasteiger partial charge in [0.1, 0.15) is 5.76 Å². The van der Waals surface area contributed by atoms with E-state index in [0.717, 1.165) is 11.3 Å². The second-order valence-electron chi connectivity index (χ2n) is 4.68. The van der Waals surface area contributed by atoms with Gasteiger partial charge >= 0.3 is 0 Å². The van der Waals surface area contributed by atoms with Gasteiger partial charge in [0.25, 0.3) is 0 Å². The molecule has 3 heterocycles. The van der Waals surface area contributed by atoms with Crippen LogP contribution < -0.4 is 5.32 Å². The summed E-state index contributed by atoms with van der Waals surface area (Å²) in [6, 6.07) is 7.49. The quantitative estimate of drug-likeness (QED) is 0.694. The molecule has 1 N–H and O–H groups in total. The molecular formula is C15H15N5O2S. The summed E-state index contributed by atoms with van der Waals surface area (Å²) in [6.07, 6.45) is 5.06. The maximum Gasteiger partial charge on any atom is 0.230 e. The fourth-order valence-corrected chi connectivity index (χ4v) is 2.82. The molecule has 0 aromatic carbocycles. The molecule has 3 aromatic rings. The summed E-state index contributed by atoms with van der Waals surface area (Å²) in [6.45, 7) is 0.486. The van der Waals surface area contributed by atoms with Crippen LogP contribution in [0.5, 0.6) is 0 Å². The Kier molecular flexibility index (Phi) is 4.72. The number of hydrogen-bond acceptors (Lipinski definition) is 6. The van der Waals surface area contributed by atoms with Crippen molar-refractivity contribution in [3.8, 4) is 11.4 Å². The van der Waals surface area contributed by atoms with Crippen LogP contribution in [0.25, 0.3) is 11.4 Å². The number of carbonyl (C=O) groups is 1. The van der Waals surface area contributed by atoms with E-state index in [0.29, 0.717) is 17.5 Å². The minimum atomic E-state index is -0.0644. The molecule has 0 aliphatic heterocycles. The number of nitrogens with zero attached hydrogens (tertiary/aromatic N) is 4. The van der Waals surface area contributed by atoms with Crippen LogP contribution in [0.1, 0.15) is 5.76 Å². The summed E-state index contributed by atoms with van der Waals surface area (Å²) in [5.74, 6) is 1.69. The molecular weight excluding hydrogens is 314 g/mol. The number of rotatable bonds is 6. The molecule has 3 rings (SSSR count). The van der Waals surface area contributed by atoms with E-state index in [4.69, 9.17) is 4.42 Å². The van der Waals surface area contributed by atoms with E-state index in [1.165, 1.54) is 11.8 Å². The Morgan fingerprint density at radius 3 is 2.96 bits per heavy atom. The predicted molar refractivity (Wildman–Crippen MR) is 85.9 cm³/mol. The van der Waals surface area contributed by atoms with Gasteiger partial charge in [0.15, 0.2) is 11.0 Å². The van der Waals surface area contributed by atoms with E-state index in [1.54, 1.807) is 25.7 Å². The van der Waals surface area contributed by atoms with Crippen molar-refractivity contribution in [1.82, 2.24) is 25.1 Å². The molecule has 3 aromatic heterocycles. The lowest BCUT2D eigenvalue weighted by molar-refractivity contribution is -0.118. The molecule has 1 amide bonds. The van der Waals surface area contributed by atoms with Crippen LogP contribution in [0.2, 0.25) is 0 Å². The van der Waals surface area contributed by atoms with E-state index >= 15 is 0 Å².